The van der Waals surface area contributed by atoms with E-state index in [0.717, 1.165) is 0 Å². The molecule has 1 atom stereocenters. The summed E-state index contributed by atoms with van der Waals surface area (Å²) in [6.45, 7) is 0.599. The normalized spacial score (nSPS) is 18.1. The standard InChI is InChI=1S/C21H18F3NO4/c1-12-19(20(26)25-18-10-27-11-21(18,23)24)15-8-14(6-7-17(15)29-12)28-9-13-4-2-3-5-16(13)22/h2-8,18H,9-11H2,1H3,(H,25,26). The lowest BCUT2D eigenvalue weighted by Gasteiger charge is -2.18. The number of nitrogens with one attached hydrogen (secondary N) is 1. The summed E-state index contributed by atoms with van der Waals surface area (Å²) in [6.07, 6.45) is 0. The molecule has 1 saturated heterocycles. The summed E-state index contributed by atoms with van der Waals surface area (Å²) >= 11 is 0. The number of amides is 1. The zero-order valence-corrected chi connectivity index (χ0v) is 15.5. The number of alkyl halides is 2. The number of hydrogen-bond donors (Lipinski definition) is 1. The molecule has 0 radical (unpaired) electrons. The molecule has 0 aliphatic carbocycles. The fraction of sp³-hybridized carbons (Fsp3) is 0.286. The van der Waals surface area contributed by atoms with E-state index in [1.807, 2.05) is 0 Å². The molecule has 29 heavy (non-hydrogen) atoms. The molecule has 3 aromatic rings. The van der Waals surface area contributed by atoms with Crippen LogP contribution in [0.15, 0.2) is 46.9 Å². The molecule has 4 rings (SSSR count). The Bertz CT molecular complexity index is 1060. The molecular formula is C21H18F3NO4. The maximum atomic E-state index is 13.8. The van der Waals surface area contributed by atoms with E-state index in [4.69, 9.17) is 13.9 Å². The smallest absolute Gasteiger partial charge is 0.292 e. The van der Waals surface area contributed by atoms with E-state index in [-0.39, 0.29) is 24.6 Å². The van der Waals surface area contributed by atoms with Gasteiger partial charge in [-0.05, 0) is 31.2 Å². The van der Waals surface area contributed by atoms with Crippen molar-refractivity contribution in [2.24, 2.45) is 0 Å². The van der Waals surface area contributed by atoms with Crippen LogP contribution in [0.4, 0.5) is 13.2 Å². The summed E-state index contributed by atoms with van der Waals surface area (Å²) < 4.78 is 57.3. The van der Waals surface area contributed by atoms with Crippen LogP contribution in [-0.2, 0) is 11.3 Å². The number of carbonyl (C=O) groups is 1. The molecule has 1 amide bonds. The molecule has 8 heteroatoms. The minimum absolute atomic E-state index is 0.00216. The highest BCUT2D eigenvalue weighted by Gasteiger charge is 2.46. The van der Waals surface area contributed by atoms with Gasteiger partial charge >= 0.3 is 0 Å². The van der Waals surface area contributed by atoms with E-state index in [1.165, 1.54) is 6.07 Å². The van der Waals surface area contributed by atoms with Crippen molar-refractivity contribution in [2.75, 3.05) is 13.2 Å². The highest BCUT2D eigenvalue weighted by Crippen LogP contribution is 2.31. The molecule has 1 aliphatic heterocycles. The third-order valence-electron chi connectivity index (χ3n) is 4.81. The number of aryl methyl sites for hydroxylation is 1. The summed E-state index contributed by atoms with van der Waals surface area (Å²) in [6, 6.07) is 9.66. The Morgan fingerprint density at radius 1 is 1.28 bits per heavy atom. The first-order valence-corrected chi connectivity index (χ1v) is 9.01. The van der Waals surface area contributed by atoms with E-state index in [2.05, 4.69) is 5.32 Å². The van der Waals surface area contributed by atoms with Crippen LogP contribution in [-0.4, -0.2) is 31.1 Å². The van der Waals surface area contributed by atoms with Gasteiger partial charge in [-0.1, -0.05) is 18.2 Å². The van der Waals surface area contributed by atoms with E-state index in [0.29, 0.717) is 28.0 Å². The summed E-state index contributed by atoms with van der Waals surface area (Å²) in [7, 11) is 0. The van der Waals surface area contributed by atoms with E-state index in [9.17, 15) is 18.0 Å². The van der Waals surface area contributed by atoms with Crippen molar-refractivity contribution < 1.29 is 31.9 Å². The average Bonchev–Trinajstić information content (AvgIpc) is 3.18. The second-order valence-corrected chi connectivity index (χ2v) is 6.87. The number of benzene rings is 2. The Kier molecular flexibility index (Phi) is 4.96. The number of ether oxygens (including phenoxy) is 2. The number of rotatable bonds is 5. The second-order valence-electron chi connectivity index (χ2n) is 6.87. The third-order valence-corrected chi connectivity index (χ3v) is 4.81. The van der Waals surface area contributed by atoms with Gasteiger partial charge < -0.3 is 19.2 Å². The van der Waals surface area contributed by atoms with Crippen molar-refractivity contribution >= 4 is 16.9 Å². The Morgan fingerprint density at radius 2 is 2.07 bits per heavy atom. The molecule has 1 N–H and O–H groups in total. The molecule has 2 aromatic carbocycles. The number of fused-ring (bicyclic) bond motifs is 1. The Morgan fingerprint density at radius 3 is 2.79 bits per heavy atom. The van der Waals surface area contributed by atoms with Crippen LogP contribution in [0, 0.1) is 12.7 Å². The summed E-state index contributed by atoms with van der Waals surface area (Å²) in [5, 5.41) is 2.75. The molecule has 152 valence electrons. The lowest BCUT2D eigenvalue weighted by atomic mass is 10.1. The molecule has 0 bridgehead atoms. The average molecular weight is 405 g/mol. The maximum absolute atomic E-state index is 13.8. The minimum Gasteiger partial charge on any atom is -0.489 e. The van der Waals surface area contributed by atoms with Crippen molar-refractivity contribution in [3.8, 4) is 5.75 Å². The molecule has 1 fully saturated rings. The highest BCUT2D eigenvalue weighted by molar-refractivity contribution is 6.07. The minimum atomic E-state index is -3.13. The molecule has 1 aromatic heterocycles. The summed E-state index contributed by atoms with van der Waals surface area (Å²) in [5.74, 6) is -3.50. The van der Waals surface area contributed by atoms with Crippen molar-refractivity contribution in [1.82, 2.24) is 5.32 Å². The topological polar surface area (TPSA) is 60.7 Å². The van der Waals surface area contributed by atoms with Crippen molar-refractivity contribution in [3.63, 3.8) is 0 Å². The first-order chi connectivity index (χ1) is 13.8. The van der Waals surface area contributed by atoms with Gasteiger partial charge in [0, 0.05) is 10.9 Å². The lowest BCUT2D eigenvalue weighted by molar-refractivity contribution is -0.0227. The van der Waals surface area contributed by atoms with Gasteiger partial charge in [-0.2, -0.15) is 0 Å². The fourth-order valence-electron chi connectivity index (χ4n) is 3.26. The Balaban J connectivity index is 1.58. The van der Waals surface area contributed by atoms with Crippen LogP contribution >= 0.6 is 0 Å². The molecule has 0 spiro atoms. The van der Waals surface area contributed by atoms with Crippen molar-refractivity contribution in [2.45, 2.75) is 25.5 Å². The van der Waals surface area contributed by atoms with Gasteiger partial charge in [-0.25, -0.2) is 13.2 Å². The lowest BCUT2D eigenvalue weighted by Crippen LogP contribution is -2.46. The first kappa shape index (κ1) is 19.3. The van der Waals surface area contributed by atoms with Gasteiger partial charge in [0.05, 0.1) is 12.2 Å². The highest BCUT2D eigenvalue weighted by atomic mass is 19.3. The number of halogens is 3. The molecule has 2 heterocycles. The van der Waals surface area contributed by atoms with Gasteiger partial charge in [-0.15, -0.1) is 0 Å². The zero-order valence-electron chi connectivity index (χ0n) is 15.5. The quantitative estimate of drug-likeness (QED) is 0.691. The van der Waals surface area contributed by atoms with Crippen LogP contribution in [0.3, 0.4) is 0 Å². The molecular weight excluding hydrogens is 387 g/mol. The number of carbonyl (C=O) groups excluding carboxylic acids is 1. The maximum Gasteiger partial charge on any atom is 0.292 e. The molecule has 5 nitrogen and oxygen atoms in total. The van der Waals surface area contributed by atoms with Gasteiger partial charge in [-0.3, -0.25) is 4.79 Å². The Hall–Kier alpha value is -3.00. The van der Waals surface area contributed by atoms with E-state index in [1.54, 1.807) is 43.3 Å². The largest absolute Gasteiger partial charge is 0.489 e. The van der Waals surface area contributed by atoms with Crippen LogP contribution < -0.4 is 10.1 Å². The van der Waals surface area contributed by atoms with Crippen LogP contribution in [0.25, 0.3) is 11.0 Å². The summed E-state index contributed by atoms with van der Waals surface area (Å²) in [5.41, 5.74) is 0.955. The molecule has 1 unspecified atom stereocenters. The van der Waals surface area contributed by atoms with Gasteiger partial charge in [0.2, 0.25) is 0 Å². The summed E-state index contributed by atoms with van der Waals surface area (Å²) in [4.78, 5) is 12.7. The van der Waals surface area contributed by atoms with Crippen molar-refractivity contribution in [3.05, 3.63) is 65.2 Å². The molecule has 0 saturated carbocycles. The second kappa shape index (κ2) is 7.44. The van der Waals surface area contributed by atoms with Gasteiger partial charge in [0.1, 0.15) is 42.2 Å². The zero-order chi connectivity index (χ0) is 20.6. The van der Waals surface area contributed by atoms with Crippen LogP contribution in [0.5, 0.6) is 5.75 Å². The van der Waals surface area contributed by atoms with E-state index < -0.39 is 24.5 Å². The van der Waals surface area contributed by atoms with Crippen molar-refractivity contribution in [1.29, 1.82) is 0 Å². The predicted molar refractivity (Wildman–Crippen MR) is 98.7 cm³/mol. The first-order valence-electron chi connectivity index (χ1n) is 9.01. The third kappa shape index (κ3) is 3.80. The number of furan rings is 1. The van der Waals surface area contributed by atoms with Crippen LogP contribution in [0.1, 0.15) is 21.7 Å². The Labute approximate surface area is 164 Å². The predicted octanol–water partition coefficient (Wildman–Crippen LogP) is 4.22. The van der Waals surface area contributed by atoms with E-state index >= 15 is 0 Å². The number of hydrogen-bond acceptors (Lipinski definition) is 4. The van der Waals surface area contributed by atoms with Gasteiger partial charge in [0.25, 0.3) is 11.8 Å². The molecule has 1 aliphatic rings. The van der Waals surface area contributed by atoms with Gasteiger partial charge in [0.15, 0.2) is 0 Å². The van der Waals surface area contributed by atoms with Crippen LogP contribution in [0.2, 0.25) is 0 Å². The fourth-order valence-corrected chi connectivity index (χ4v) is 3.26. The SMILES string of the molecule is Cc1oc2ccc(OCc3ccccc3F)cc2c1C(=O)NC1COCC1(F)F. The monoisotopic (exact) mass is 405 g/mol.